The van der Waals surface area contributed by atoms with Gasteiger partial charge in [0.05, 0.1) is 0 Å². The van der Waals surface area contributed by atoms with Gasteiger partial charge in [-0.05, 0) is 24.3 Å². The molecular formula is C15H11FN2. The summed E-state index contributed by atoms with van der Waals surface area (Å²) < 4.78 is 14.9. The molecule has 0 saturated carbocycles. The Morgan fingerprint density at radius 2 is 1.61 bits per heavy atom. The number of nitrogens with zero attached hydrogens (tertiary/aromatic N) is 2. The van der Waals surface area contributed by atoms with Gasteiger partial charge in [0, 0.05) is 23.6 Å². The molecule has 0 radical (unpaired) electrons. The second-order valence-corrected chi connectivity index (χ2v) is 3.96. The van der Waals surface area contributed by atoms with Crippen molar-refractivity contribution in [1.82, 2.24) is 9.55 Å². The van der Waals surface area contributed by atoms with Crippen molar-refractivity contribution in [3.05, 3.63) is 72.8 Å². The average Bonchev–Trinajstić information content (AvgIpc) is 2.90. The first-order valence-corrected chi connectivity index (χ1v) is 5.69. The van der Waals surface area contributed by atoms with Crippen LogP contribution in [0.25, 0.3) is 17.1 Å². The molecule has 2 nitrogen and oxygen atoms in total. The number of aromatic nitrogens is 2. The van der Waals surface area contributed by atoms with Crippen LogP contribution < -0.4 is 0 Å². The maximum atomic E-state index is 12.9. The zero-order chi connectivity index (χ0) is 12.4. The first-order valence-electron chi connectivity index (χ1n) is 5.69. The fourth-order valence-electron chi connectivity index (χ4n) is 1.91. The predicted molar refractivity (Wildman–Crippen MR) is 69.0 cm³/mol. The Kier molecular flexibility index (Phi) is 2.65. The minimum Gasteiger partial charge on any atom is -0.300 e. The summed E-state index contributed by atoms with van der Waals surface area (Å²) >= 11 is 0. The second-order valence-electron chi connectivity index (χ2n) is 3.96. The highest BCUT2D eigenvalue weighted by atomic mass is 19.1. The maximum absolute atomic E-state index is 12.9. The summed E-state index contributed by atoms with van der Waals surface area (Å²) in [4.78, 5) is 4.35. The van der Waals surface area contributed by atoms with Crippen LogP contribution in [0.5, 0.6) is 0 Å². The highest BCUT2D eigenvalue weighted by Gasteiger charge is 2.06. The molecule has 0 aliphatic rings. The molecule has 0 spiro atoms. The SMILES string of the molecule is Fc1ccc(-n2ccnc2-c2ccccc2)cc1. The van der Waals surface area contributed by atoms with Gasteiger partial charge in [0.1, 0.15) is 11.6 Å². The Balaban J connectivity index is 2.10. The third-order valence-electron chi connectivity index (χ3n) is 2.78. The van der Waals surface area contributed by atoms with Gasteiger partial charge in [-0.15, -0.1) is 0 Å². The van der Waals surface area contributed by atoms with Crippen LogP contribution in [0.2, 0.25) is 0 Å². The fraction of sp³-hybridized carbons (Fsp3) is 0. The Bertz CT molecular complexity index is 642. The Labute approximate surface area is 104 Å². The molecule has 0 bridgehead atoms. The van der Waals surface area contributed by atoms with E-state index in [0.29, 0.717) is 0 Å². The normalized spacial score (nSPS) is 10.5. The van der Waals surface area contributed by atoms with Crippen LogP contribution in [0.1, 0.15) is 0 Å². The van der Waals surface area contributed by atoms with Crippen LogP contribution >= 0.6 is 0 Å². The zero-order valence-corrected chi connectivity index (χ0v) is 9.62. The summed E-state index contributed by atoms with van der Waals surface area (Å²) in [7, 11) is 0. The number of imidazole rings is 1. The third-order valence-corrected chi connectivity index (χ3v) is 2.78. The number of benzene rings is 2. The largest absolute Gasteiger partial charge is 0.300 e. The van der Waals surface area contributed by atoms with Crippen LogP contribution in [0.4, 0.5) is 4.39 Å². The highest BCUT2D eigenvalue weighted by Crippen LogP contribution is 2.21. The molecule has 1 aromatic heterocycles. The van der Waals surface area contributed by atoms with Crippen LogP contribution in [-0.2, 0) is 0 Å². The average molecular weight is 238 g/mol. The van der Waals surface area contributed by atoms with Gasteiger partial charge in [-0.1, -0.05) is 30.3 Å². The predicted octanol–water partition coefficient (Wildman–Crippen LogP) is 3.68. The summed E-state index contributed by atoms with van der Waals surface area (Å²) in [6, 6.07) is 16.3. The van der Waals surface area contributed by atoms with Gasteiger partial charge in [-0.25, -0.2) is 9.37 Å². The maximum Gasteiger partial charge on any atom is 0.144 e. The van der Waals surface area contributed by atoms with E-state index in [9.17, 15) is 4.39 Å². The van der Waals surface area contributed by atoms with Crippen molar-refractivity contribution in [2.24, 2.45) is 0 Å². The highest BCUT2D eigenvalue weighted by molar-refractivity contribution is 5.58. The Morgan fingerprint density at radius 1 is 0.889 bits per heavy atom. The van der Waals surface area contributed by atoms with Crippen LogP contribution in [0, 0.1) is 5.82 Å². The second kappa shape index (κ2) is 4.45. The minimum atomic E-state index is -0.236. The molecule has 0 saturated heterocycles. The number of hydrogen-bond acceptors (Lipinski definition) is 1. The first kappa shape index (κ1) is 10.7. The van der Waals surface area contributed by atoms with E-state index in [2.05, 4.69) is 4.98 Å². The molecule has 0 atom stereocenters. The molecule has 88 valence electrons. The van der Waals surface area contributed by atoms with Gasteiger partial charge in [0.15, 0.2) is 0 Å². The zero-order valence-electron chi connectivity index (χ0n) is 9.62. The number of rotatable bonds is 2. The molecule has 0 unspecified atom stereocenters. The van der Waals surface area contributed by atoms with Gasteiger partial charge in [-0.2, -0.15) is 0 Å². The van der Waals surface area contributed by atoms with Crippen molar-refractivity contribution in [2.45, 2.75) is 0 Å². The molecule has 0 fully saturated rings. The monoisotopic (exact) mass is 238 g/mol. The van der Waals surface area contributed by atoms with E-state index in [-0.39, 0.29) is 5.82 Å². The van der Waals surface area contributed by atoms with Gasteiger partial charge in [0.25, 0.3) is 0 Å². The van der Waals surface area contributed by atoms with Gasteiger partial charge >= 0.3 is 0 Å². The van der Waals surface area contributed by atoms with Crippen LogP contribution in [0.3, 0.4) is 0 Å². The summed E-state index contributed by atoms with van der Waals surface area (Å²) in [6.45, 7) is 0. The van der Waals surface area contributed by atoms with Crippen molar-refractivity contribution in [2.75, 3.05) is 0 Å². The van der Waals surface area contributed by atoms with Gasteiger partial charge in [-0.3, -0.25) is 4.57 Å². The molecule has 0 aliphatic carbocycles. The van der Waals surface area contributed by atoms with Crippen LogP contribution in [-0.4, -0.2) is 9.55 Å². The molecule has 3 heteroatoms. The van der Waals surface area contributed by atoms with Crippen molar-refractivity contribution in [1.29, 1.82) is 0 Å². The lowest BCUT2D eigenvalue weighted by molar-refractivity contribution is 0.627. The minimum absolute atomic E-state index is 0.236. The first-order chi connectivity index (χ1) is 8.84. The molecule has 0 amide bonds. The molecule has 1 heterocycles. The lowest BCUT2D eigenvalue weighted by atomic mass is 10.2. The molecule has 3 rings (SSSR count). The molecular weight excluding hydrogens is 227 g/mol. The smallest absolute Gasteiger partial charge is 0.144 e. The van der Waals surface area contributed by atoms with E-state index in [1.165, 1.54) is 12.1 Å². The van der Waals surface area contributed by atoms with E-state index in [1.54, 1.807) is 18.3 Å². The summed E-state index contributed by atoms with van der Waals surface area (Å²) in [6.07, 6.45) is 3.61. The lowest BCUT2D eigenvalue weighted by Crippen LogP contribution is -1.96. The van der Waals surface area contributed by atoms with E-state index in [0.717, 1.165) is 17.1 Å². The standard InChI is InChI=1S/C15H11FN2/c16-13-6-8-14(9-7-13)18-11-10-17-15(18)12-4-2-1-3-5-12/h1-11H. The van der Waals surface area contributed by atoms with Crippen molar-refractivity contribution >= 4 is 0 Å². The molecule has 0 N–H and O–H groups in total. The van der Waals surface area contributed by atoms with Crippen molar-refractivity contribution in [3.63, 3.8) is 0 Å². The summed E-state index contributed by atoms with van der Waals surface area (Å²) in [5, 5.41) is 0. The summed E-state index contributed by atoms with van der Waals surface area (Å²) in [5.41, 5.74) is 1.93. The van der Waals surface area contributed by atoms with E-state index in [1.807, 2.05) is 41.1 Å². The van der Waals surface area contributed by atoms with Crippen molar-refractivity contribution in [3.8, 4) is 17.1 Å². The molecule has 18 heavy (non-hydrogen) atoms. The Morgan fingerprint density at radius 3 is 2.33 bits per heavy atom. The van der Waals surface area contributed by atoms with E-state index >= 15 is 0 Å². The van der Waals surface area contributed by atoms with Crippen molar-refractivity contribution < 1.29 is 4.39 Å². The lowest BCUT2D eigenvalue weighted by Gasteiger charge is -2.07. The third kappa shape index (κ3) is 1.91. The molecule has 3 aromatic rings. The van der Waals surface area contributed by atoms with Crippen LogP contribution in [0.15, 0.2) is 67.0 Å². The number of hydrogen-bond donors (Lipinski definition) is 0. The van der Waals surface area contributed by atoms with E-state index in [4.69, 9.17) is 0 Å². The molecule has 0 aliphatic heterocycles. The Hall–Kier alpha value is -2.42. The van der Waals surface area contributed by atoms with Gasteiger partial charge < -0.3 is 0 Å². The summed E-state index contributed by atoms with van der Waals surface area (Å²) in [5.74, 6) is 0.613. The molecule has 2 aromatic carbocycles. The topological polar surface area (TPSA) is 17.8 Å². The fourth-order valence-corrected chi connectivity index (χ4v) is 1.91. The van der Waals surface area contributed by atoms with E-state index < -0.39 is 0 Å². The quantitative estimate of drug-likeness (QED) is 0.666. The van der Waals surface area contributed by atoms with Gasteiger partial charge in [0.2, 0.25) is 0 Å². The number of halogens is 1.